The molecule has 1 aromatic carbocycles. The van der Waals surface area contributed by atoms with Gasteiger partial charge in [0.15, 0.2) is 0 Å². The van der Waals surface area contributed by atoms with Gasteiger partial charge in [-0.05, 0) is 18.2 Å². The molecule has 0 spiro atoms. The molecular weight excluding hydrogens is 190 g/mol. The summed E-state index contributed by atoms with van der Waals surface area (Å²) in [5, 5.41) is 0. The minimum Gasteiger partial charge on any atom is -0.497 e. The molecule has 0 amide bonds. The van der Waals surface area contributed by atoms with E-state index in [0.717, 1.165) is 17.1 Å². The van der Waals surface area contributed by atoms with Gasteiger partial charge in [0, 0.05) is 11.8 Å². The molecule has 0 bridgehead atoms. The lowest BCUT2D eigenvalue weighted by molar-refractivity contribution is 0.402. The van der Waals surface area contributed by atoms with Crippen molar-refractivity contribution in [2.45, 2.75) is 0 Å². The molecule has 0 radical (unpaired) electrons. The van der Waals surface area contributed by atoms with Crippen LogP contribution in [0.25, 0.3) is 0 Å². The zero-order valence-electron chi connectivity index (χ0n) is 8.86. The zero-order valence-corrected chi connectivity index (χ0v) is 8.86. The van der Waals surface area contributed by atoms with Gasteiger partial charge < -0.3 is 9.47 Å². The van der Waals surface area contributed by atoms with Crippen LogP contribution in [0.15, 0.2) is 23.2 Å². The molecule has 0 saturated heterocycles. The first-order valence-electron chi connectivity index (χ1n) is 4.47. The number of benzene rings is 1. The molecule has 0 atom stereocenters. The van der Waals surface area contributed by atoms with Gasteiger partial charge in [-0.1, -0.05) is 5.92 Å². The molecule has 0 aliphatic heterocycles. The lowest BCUT2D eigenvalue weighted by Crippen LogP contribution is -1.93. The van der Waals surface area contributed by atoms with E-state index in [9.17, 15) is 0 Å². The summed E-state index contributed by atoms with van der Waals surface area (Å²) < 4.78 is 10.3. The van der Waals surface area contributed by atoms with Crippen LogP contribution < -0.4 is 9.47 Å². The third-order valence-electron chi connectivity index (χ3n) is 1.85. The van der Waals surface area contributed by atoms with Crippen LogP contribution in [0.5, 0.6) is 11.5 Å². The van der Waals surface area contributed by atoms with Crippen molar-refractivity contribution in [3.05, 3.63) is 23.8 Å². The van der Waals surface area contributed by atoms with Gasteiger partial charge in [0.05, 0.1) is 20.8 Å². The van der Waals surface area contributed by atoms with Gasteiger partial charge in [0.2, 0.25) is 0 Å². The molecule has 0 aliphatic carbocycles. The zero-order chi connectivity index (χ0) is 11.1. The molecule has 0 aromatic heterocycles. The molecule has 1 aromatic rings. The molecule has 0 saturated carbocycles. The quantitative estimate of drug-likeness (QED) is 0.551. The summed E-state index contributed by atoms with van der Waals surface area (Å²) in [6.07, 6.45) is 6.78. The van der Waals surface area contributed by atoms with Crippen LogP contribution in [-0.4, -0.2) is 27.0 Å². The molecule has 3 nitrogen and oxygen atoms in total. The minimum atomic E-state index is 0.361. The third kappa shape index (κ3) is 3.03. The Balaban J connectivity index is 2.96. The summed E-state index contributed by atoms with van der Waals surface area (Å²) in [6, 6.07) is 5.51. The highest BCUT2D eigenvalue weighted by Gasteiger charge is 2.01. The maximum absolute atomic E-state index is 5.18. The molecule has 0 aliphatic rings. The van der Waals surface area contributed by atoms with E-state index >= 15 is 0 Å². The van der Waals surface area contributed by atoms with Crippen molar-refractivity contribution in [1.82, 2.24) is 0 Å². The van der Waals surface area contributed by atoms with Crippen molar-refractivity contribution in [2.24, 2.45) is 4.99 Å². The van der Waals surface area contributed by atoms with Crippen LogP contribution in [0.1, 0.15) is 5.56 Å². The van der Waals surface area contributed by atoms with Gasteiger partial charge in [-0.25, -0.2) is 0 Å². The monoisotopic (exact) mass is 203 g/mol. The van der Waals surface area contributed by atoms with E-state index in [-0.39, 0.29) is 0 Å². The van der Waals surface area contributed by atoms with Crippen LogP contribution in [-0.2, 0) is 0 Å². The van der Waals surface area contributed by atoms with Gasteiger partial charge in [0.25, 0.3) is 0 Å². The van der Waals surface area contributed by atoms with E-state index in [1.807, 2.05) is 18.2 Å². The fraction of sp³-hybridized carbons (Fsp3) is 0.250. The van der Waals surface area contributed by atoms with Crippen molar-refractivity contribution >= 4 is 6.21 Å². The van der Waals surface area contributed by atoms with Crippen molar-refractivity contribution < 1.29 is 9.47 Å². The smallest absolute Gasteiger partial charge is 0.127 e. The summed E-state index contributed by atoms with van der Waals surface area (Å²) in [5.41, 5.74) is 0.854. The molecule has 3 heteroatoms. The van der Waals surface area contributed by atoms with E-state index in [2.05, 4.69) is 10.9 Å². The van der Waals surface area contributed by atoms with E-state index in [0.29, 0.717) is 6.54 Å². The standard InChI is InChI=1S/C12H13NO2/c1-4-7-13-9-10-8-11(14-2)5-6-12(10)15-3/h1,5-6,8-9H,7H2,2-3H3. The van der Waals surface area contributed by atoms with Crippen molar-refractivity contribution in [3.8, 4) is 23.8 Å². The van der Waals surface area contributed by atoms with Crippen LogP contribution in [0.3, 0.4) is 0 Å². The molecule has 0 heterocycles. The van der Waals surface area contributed by atoms with Gasteiger partial charge in [-0.2, -0.15) is 0 Å². The minimum absolute atomic E-state index is 0.361. The lowest BCUT2D eigenvalue weighted by atomic mass is 10.2. The van der Waals surface area contributed by atoms with E-state index in [1.165, 1.54) is 0 Å². The second-order valence-electron chi connectivity index (χ2n) is 2.78. The Kier molecular flexibility index (Phi) is 4.24. The highest BCUT2D eigenvalue weighted by atomic mass is 16.5. The Morgan fingerprint density at radius 3 is 2.80 bits per heavy atom. The van der Waals surface area contributed by atoms with Crippen LogP contribution in [0.2, 0.25) is 0 Å². The second kappa shape index (κ2) is 5.71. The maximum Gasteiger partial charge on any atom is 0.127 e. The van der Waals surface area contributed by atoms with Crippen LogP contribution in [0, 0.1) is 12.3 Å². The third-order valence-corrected chi connectivity index (χ3v) is 1.85. The second-order valence-corrected chi connectivity index (χ2v) is 2.78. The number of aliphatic imine (C=N–C) groups is 1. The van der Waals surface area contributed by atoms with Gasteiger partial charge >= 0.3 is 0 Å². The lowest BCUT2D eigenvalue weighted by Gasteiger charge is -2.06. The molecule has 1 rings (SSSR count). The molecule has 0 N–H and O–H groups in total. The highest BCUT2D eigenvalue weighted by Crippen LogP contribution is 2.22. The normalized spacial score (nSPS) is 9.93. The average Bonchev–Trinajstić information content (AvgIpc) is 2.29. The van der Waals surface area contributed by atoms with E-state index in [1.54, 1.807) is 20.4 Å². The van der Waals surface area contributed by atoms with Crippen molar-refractivity contribution in [1.29, 1.82) is 0 Å². The van der Waals surface area contributed by atoms with E-state index < -0.39 is 0 Å². The van der Waals surface area contributed by atoms with E-state index in [4.69, 9.17) is 15.9 Å². The molecule has 0 fully saturated rings. The van der Waals surface area contributed by atoms with Gasteiger partial charge in [0.1, 0.15) is 11.5 Å². The van der Waals surface area contributed by atoms with Crippen LogP contribution in [0.4, 0.5) is 0 Å². The maximum atomic E-state index is 5.18. The molecule has 0 unspecified atom stereocenters. The number of nitrogens with zero attached hydrogens (tertiary/aromatic N) is 1. The van der Waals surface area contributed by atoms with Gasteiger partial charge in [-0.3, -0.25) is 4.99 Å². The summed E-state index contributed by atoms with van der Waals surface area (Å²) in [5.74, 6) is 3.94. The van der Waals surface area contributed by atoms with Crippen LogP contribution >= 0.6 is 0 Å². The molecule has 15 heavy (non-hydrogen) atoms. The van der Waals surface area contributed by atoms with Crippen molar-refractivity contribution in [2.75, 3.05) is 20.8 Å². The van der Waals surface area contributed by atoms with Crippen molar-refractivity contribution in [3.63, 3.8) is 0 Å². The number of rotatable bonds is 4. The fourth-order valence-corrected chi connectivity index (χ4v) is 1.14. The Morgan fingerprint density at radius 1 is 1.40 bits per heavy atom. The first-order chi connectivity index (χ1) is 7.31. The summed E-state index contributed by atoms with van der Waals surface area (Å²) >= 11 is 0. The Hall–Kier alpha value is -1.95. The predicted octanol–water partition coefficient (Wildman–Crippen LogP) is 1.76. The predicted molar refractivity (Wildman–Crippen MR) is 60.8 cm³/mol. The fourth-order valence-electron chi connectivity index (χ4n) is 1.14. The average molecular weight is 203 g/mol. The number of hydrogen-bond acceptors (Lipinski definition) is 3. The Labute approximate surface area is 89.7 Å². The summed E-state index contributed by atoms with van der Waals surface area (Å²) in [7, 11) is 3.23. The first kappa shape index (κ1) is 11.1. The summed E-state index contributed by atoms with van der Waals surface area (Å²) in [6.45, 7) is 0.361. The largest absolute Gasteiger partial charge is 0.497 e. The number of hydrogen-bond donors (Lipinski definition) is 0. The molecule has 78 valence electrons. The number of ether oxygens (including phenoxy) is 2. The SMILES string of the molecule is C#CCN=Cc1cc(OC)ccc1OC. The number of methoxy groups -OCH3 is 2. The number of terminal acetylenes is 1. The Bertz CT molecular complexity index is 391. The highest BCUT2D eigenvalue weighted by molar-refractivity contribution is 5.84. The first-order valence-corrected chi connectivity index (χ1v) is 4.47. The molecular formula is C12H13NO2. The topological polar surface area (TPSA) is 30.8 Å². The Morgan fingerprint density at radius 2 is 2.20 bits per heavy atom. The van der Waals surface area contributed by atoms with Gasteiger partial charge in [-0.15, -0.1) is 6.42 Å². The summed E-state index contributed by atoms with van der Waals surface area (Å²) in [4.78, 5) is 4.05.